The van der Waals surface area contributed by atoms with Gasteiger partial charge < -0.3 is 0 Å². The topological polar surface area (TPSA) is 17.1 Å². The van der Waals surface area contributed by atoms with Gasteiger partial charge in [0.05, 0.1) is 0 Å². The van der Waals surface area contributed by atoms with Crippen LogP contribution < -0.4 is 0 Å². The first-order chi connectivity index (χ1) is 4.62. The maximum Gasteiger partial charge on any atom is 0.204 e. The molecular weight excluding hydrogens is 124 g/mol. The van der Waals surface area contributed by atoms with Crippen LogP contribution >= 0.6 is 0 Å². The molecule has 0 N–H and O–H groups in total. The Hall–Kier alpha value is -0.330. The summed E-state index contributed by atoms with van der Waals surface area (Å²) in [5, 5.41) is 0. The van der Waals surface area contributed by atoms with Crippen LogP contribution in [-0.4, -0.2) is 6.29 Å². The van der Waals surface area contributed by atoms with Crippen LogP contribution in [0.15, 0.2) is 0 Å². The molecule has 0 aromatic heterocycles. The Balaban J connectivity index is 3.37. The van der Waals surface area contributed by atoms with E-state index in [0.29, 0.717) is 0 Å². The van der Waals surface area contributed by atoms with Gasteiger partial charge in [-0.2, -0.15) is 0 Å². The SMILES string of the molecule is CCCCCC(C)(C)[C]=O. The lowest BCUT2D eigenvalue weighted by atomic mass is 9.89. The Morgan fingerprint density at radius 2 is 1.90 bits per heavy atom. The van der Waals surface area contributed by atoms with E-state index in [-0.39, 0.29) is 5.41 Å². The average Bonchev–Trinajstić information content (AvgIpc) is 1.89. The Morgan fingerprint density at radius 1 is 1.30 bits per heavy atom. The number of carbonyl (C=O) groups excluding carboxylic acids is 1. The smallest absolute Gasteiger partial charge is 0.204 e. The van der Waals surface area contributed by atoms with E-state index in [1.807, 2.05) is 13.8 Å². The number of unbranched alkanes of at least 4 members (excludes halogenated alkanes) is 2. The van der Waals surface area contributed by atoms with Crippen LogP contribution in [0.25, 0.3) is 0 Å². The lowest BCUT2D eigenvalue weighted by Gasteiger charge is -2.14. The molecule has 0 saturated heterocycles. The fourth-order valence-electron chi connectivity index (χ4n) is 0.868. The first-order valence-electron chi connectivity index (χ1n) is 4.01. The van der Waals surface area contributed by atoms with E-state index in [0.717, 1.165) is 12.8 Å². The zero-order valence-corrected chi connectivity index (χ0v) is 7.24. The average molecular weight is 141 g/mol. The minimum absolute atomic E-state index is 0.213. The van der Waals surface area contributed by atoms with Crippen molar-refractivity contribution in [2.75, 3.05) is 0 Å². The van der Waals surface area contributed by atoms with Crippen molar-refractivity contribution in [1.29, 1.82) is 0 Å². The quantitative estimate of drug-likeness (QED) is 0.538. The largest absolute Gasteiger partial charge is 0.290 e. The number of hydrogen-bond donors (Lipinski definition) is 0. The Labute approximate surface area is 63.8 Å². The molecule has 10 heavy (non-hydrogen) atoms. The fraction of sp³-hybridized carbons (Fsp3) is 0.889. The van der Waals surface area contributed by atoms with Gasteiger partial charge in [0.2, 0.25) is 6.29 Å². The molecule has 0 saturated carbocycles. The first kappa shape index (κ1) is 9.67. The van der Waals surface area contributed by atoms with Crippen LogP contribution in [0.1, 0.15) is 46.5 Å². The van der Waals surface area contributed by atoms with Gasteiger partial charge in [-0.1, -0.05) is 40.0 Å². The summed E-state index contributed by atoms with van der Waals surface area (Å²) < 4.78 is 0. The molecule has 0 fully saturated rings. The molecule has 0 aliphatic carbocycles. The van der Waals surface area contributed by atoms with E-state index < -0.39 is 0 Å². The lowest BCUT2D eigenvalue weighted by molar-refractivity contribution is 0.407. The molecule has 0 rings (SSSR count). The molecule has 0 bridgehead atoms. The van der Waals surface area contributed by atoms with Crippen LogP contribution in [0.2, 0.25) is 0 Å². The third-order valence-corrected chi connectivity index (χ3v) is 1.68. The summed E-state index contributed by atoms with van der Waals surface area (Å²) >= 11 is 0. The van der Waals surface area contributed by atoms with Gasteiger partial charge >= 0.3 is 0 Å². The van der Waals surface area contributed by atoms with E-state index in [1.54, 1.807) is 0 Å². The zero-order valence-electron chi connectivity index (χ0n) is 7.24. The van der Waals surface area contributed by atoms with Crippen molar-refractivity contribution in [2.24, 2.45) is 5.41 Å². The van der Waals surface area contributed by atoms with Crippen molar-refractivity contribution in [2.45, 2.75) is 46.5 Å². The molecule has 1 heteroatoms. The normalized spacial score (nSPS) is 11.5. The third-order valence-electron chi connectivity index (χ3n) is 1.68. The van der Waals surface area contributed by atoms with Crippen LogP contribution in [0.4, 0.5) is 0 Å². The van der Waals surface area contributed by atoms with Gasteiger partial charge in [0, 0.05) is 5.41 Å². The third kappa shape index (κ3) is 4.54. The van der Waals surface area contributed by atoms with Gasteiger partial charge in [-0.3, -0.25) is 4.79 Å². The van der Waals surface area contributed by atoms with Crippen molar-refractivity contribution in [3.8, 4) is 0 Å². The van der Waals surface area contributed by atoms with Crippen LogP contribution in [0, 0.1) is 5.41 Å². The van der Waals surface area contributed by atoms with Gasteiger partial charge in [-0.25, -0.2) is 0 Å². The van der Waals surface area contributed by atoms with Crippen molar-refractivity contribution in [3.05, 3.63) is 0 Å². The monoisotopic (exact) mass is 141 g/mol. The molecule has 0 aromatic carbocycles. The fourth-order valence-corrected chi connectivity index (χ4v) is 0.868. The van der Waals surface area contributed by atoms with Crippen molar-refractivity contribution >= 4 is 6.29 Å². The molecule has 0 aliphatic heterocycles. The summed E-state index contributed by atoms with van der Waals surface area (Å²) in [5.74, 6) is 0. The predicted octanol–water partition coefficient (Wildman–Crippen LogP) is 2.70. The summed E-state index contributed by atoms with van der Waals surface area (Å²) in [6.07, 6.45) is 6.62. The van der Waals surface area contributed by atoms with E-state index >= 15 is 0 Å². The second kappa shape index (κ2) is 4.48. The number of rotatable bonds is 5. The second-order valence-electron chi connectivity index (χ2n) is 3.44. The second-order valence-corrected chi connectivity index (χ2v) is 3.44. The zero-order chi connectivity index (χ0) is 8.04. The highest BCUT2D eigenvalue weighted by Crippen LogP contribution is 2.20. The van der Waals surface area contributed by atoms with Gasteiger partial charge in [0.15, 0.2) is 0 Å². The Bertz CT molecular complexity index is 94.9. The highest BCUT2D eigenvalue weighted by molar-refractivity contribution is 5.58. The molecule has 0 amide bonds. The lowest BCUT2D eigenvalue weighted by Crippen LogP contribution is -2.11. The molecule has 0 unspecified atom stereocenters. The summed E-state index contributed by atoms with van der Waals surface area (Å²) in [7, 11) is 0. The minimum atomic E-state index is -0.213. The van der Waals surface area contributed by atoms with Gasteiger partial charge in [-0.15, -0.1) is 0 Å². The summed E-state index contributed by atoms with van der Waals surface area (Å²) in [6, 6.07) is 0. The van der Waals surface area contributed by atoms with E-state index in [1.165, 1.54) is 12.8 Å². The van der Waals surface area contributed by atoms with Gasteiger partial charge in [0.25, 0.3) is 0 Å². The van der Waals surface area contributed by atoms with Crippen LogP contribution in [0.3, 0.4) is 0 Å². The molecule has 1 radical (unpaired) electrons. The van der Waals surface area contributed by atoms with Crippen molar-refractivity contribution in [1.82, 2.24) is 0 Å². The molecule has 1 nitrogen and oxygen atoms in total. The maximum absolute atomic E-state index is 10.3. The van der Waals surface area contributed by atoms with Crippen LogP contribution in [-0.2, 0) is 4.79 Å². The Morgan fingerprint density at radius 3 is 2.30 bits per heavy atom. The molecule has 0 heterocycles. The molecule has 59 valence electrons. The summed E-state index contributed by atoms with van der Waals surface area (Å²) in [5.41, 5.74) is -0.213. The summed E-state index contributed by atoms with van der Waals surface area (Å²) in [6.45, 7) is 6.04. The molecule has 0 spiro atoms. The highest BCUT2D eigenvalue weighted by atomic mass is 16.1. The van der Waals surface area contributed by atoms with Gasteiger partial charge in [-0.05, 0) is 6.42 Å². The first-order valence-corrected chi connectivity index (χ1v) is 4.01. The van der Waals surface area contributed by atoms with Crippen LogP contribution in [0.5, 0.6) is 0 Å². The Kier molecular flexibility index (Phi) is 4.33. The molecule has 0 aromatic rings. The molecular formula is C9H17O. The molecule has 0 atom stereocenters. The van der Waals surface area contributed by atoms with E-state index in [2.05, 4.69) is 13.2 Å². The van der Waals surface area contributed by atoms with Crippen molar-refractivity contribution < 1.29 is 4.79 Å². The van der Waals surface area contributed by atoms with E-state index in [4.69, 9.17) is 0 Å². The molecule has 0 aliphatic rings. The van der Waals surface area contributed by atoms with Crippen molar-refractivity contribution in [3.63, 3.8) is 0 Å². The maximum atomic E-state index is 10.3. The minimum Gasteiger partial charge on any atom is -0.290 e. The van der Waals surface area contributed by atoms with Gasteiger partial charge in [0.1, 0.15) is 0 Å². The standard InChI is InChI=1S/C9H17O/c1-4-5-6-7-9(2,3)8-10/h4-7H2,1-3H3. The number of hydrogen-bond acceptors (Lipinski definition) is 1. The predicted molar refractivity (Wildman–Crippen MR) is 43.6 cm³/mol. The highest BCUT2D eigenvalue weighted by Gasteiger charge is 2.16. The van der Waals surface area contributed by atoms with E-state index in [9.17, 15) is 4.79 Å². The summed E-state index contributed by atoms with van der Waals surface area (Å²) in [4.78, 5) is 10.3.